The molecule has 2 nitrogen and oxygen atoms in total. The number of pyridine rings is 2. The van der Waals surface area contributed by atoms with E-state index >= 15 is 0 Å². The monoisotopic (exact) mass is 290 g/mol. The van der Waals surface area contributed by atoms with Gasteiger partial charge in [0.2, 0.25) is 5.95 Å². The Morgan fingerprint density at radius 3 is 2.70 bits per heavy atom. The molecule has 104 valence electrons. The summed E-state index contributed by atoms with van der Waals surface area (Å²) in [6.07, 6.45) is 7.82. The van der Waals surface area contributed by atoms with Gasteiger partial charge in [-0.3, -0.25) is 4.98 Å². The molecular formula is C16H16ClFN2. The van der Waals surface area contributed by atoms with E-state index < -0.39 is 5.95 Å². The molecular weight excluding hydrogens is 275 g/mol. The molecule has 3 rings (SSSR count). The molecule has 0 atom stereocenters. The molecule has 1 fully saturated rings. The lowest BCUT2D eigenvalue weighted by Crippen LogP contribution is -2.06. The van der Waals surface area contributed by atoms with Gasteiger partial charge in [0.1, 0.15) is 0 Å². The van der Waals surface area contributed by atoms with E-state index in [2.05, 4.69) is 9.97 Å². The predicted molar refractivity (Wildman–Crippen MR) is 78.3 cm³/mol. The molecule has 0 amide bonds. The maximum atomic E-state index is 13.3. The van der Waals surface area contributed by atoms with Crippen molar-refractivity contribution in [2.45, 2.75) is 38.0 Å². The molecule has 4 heteroatoms. The Kier molecular flexibility index (Phi) is 3.97. The minimum Gasteiger partial charge on any atom is -0.259 e. The maximum Gasteiger partial charge on any atom is 0.213 e. The molecule has 0 N–H and O–H groups in total. The van der Waals surface area contributed by atoms with E-state index in [0.717, 1.165) is 11.3 Å². The molecule has 2 heterocycles. The van der Waals surface area contributed by atoms with Gasteiger partial charge in [-0.1, -0.05) is 36.9 Å². The number of aromatic nitrogens is 2. The topological polar surface area (TPSA) is 25.8 Å². The van der Waals surface area contributed by atoms with E-state index in [4.69, 9.17) is 11.6 Å². The Labute approximate surface area is 123 Å². The quantitative estimate of drug-likeness (QED) is 0.729. The Bertz CT molecular complexity index is 609. The summed E-state index contributed by atoms with van der Waals surface area (Å²) in [6.45, 7) is 0. The minimum atomic E-state index is -0.491. The van der Waals surface area contributed by atoms with Crippen molar-refractivity contribution in [1.29, 1.82) is 0 Å². The Hall–Kier alpha value is -1.48. The van der Waals surface area contributed by atoms with Crippen LogP contribution in [0, 0.1) is 5.95 Å². The second-order valence-corrected chi connectivity index (χ2v) is 5.68. The van der Waals surface area contributed by atoms with E-state index in [1.165, 1.54) is 38.2 Å². The molecule has 0 saturated heterocycles. The average molecular weight is 291 g/mol. The van der Waals surface area contributed by atoms with E-state index in [1.54, 1.807) is 18.3 Å². The van der Waals surface area contributed by atoms with Gasteiger partial charge in [-0.2, -0.15) is 4.39 Å². The number of rotatable bonds is 2. The highest BCUT2D eigenvalue weighted by Crippen LogP contribution is 2.35. The SMILES string of the molecule is Fc1cccc(-c2cc(C3CCCCC3)ncc2Cl)n1. The fraction of sp³-hybridized carbons (Fsp3) is 0.375. The second kappa shape index (κ2) is 5.88. The Morgan fingerprint density at radius 1 is 1.15 bits per heavy atom. The van der Waals surface area contributed by atoms with Gasteiger partial charge in [0.15, 0.2) is 0 Å². The molecule has 0 unspecified atom stereocenters. The molecule has 0 spiro atoms. The lowest BCUT2D eigenvalue weighted by Gasteiger charge is -2.21. The van der Waals surface area contributed by atoms with Crippen LogP contribution in [0.3, 0.4) is 0 Å². The Morgan fingerprint density at radius 2 is 1.95 bits per heavy atom. The number of hydrogen-bond acceptors (Lipinski definition) is 2. The third-order valence-corrected chi connectivity index (χ3v) is 4.19. The van der Waals surface area contributed by atoms with Gasteiger partial charge in [0.25, 0.3) is 0 Å². The van der Waals surface area contributed by atoms with Crippen molar-refractivity contribution in [2.75, 3.05) is 0 Å². The van der Waals surface area contributed by atoms with E-state index in [1.807, 2.05) is 6.07 Å². The third kappa shape index (κ3) is 2.83. The third-order valence-electron chi connectivity index (χ3n) is 3.89. The van der Waals surface area contributed by atoms with E-state index in [0.29, 0.717) is 16.6 Å². The summed E-state index contributed by atoms with van der Waals surface area (Å²) in [4.78, 5) is 8.37. The van der Waals surface area contributed by atoms with Crippen molar-refractivity contribution >= 4 is 11.6 Å². The highest BCUT2D eigenvalue weighted by molar-refractivity contribution is 6.33. The fourth-order valence-corrected chi connectivity index (χ4v) is 3.03. The molecule has 2 aromatic heterocycles. The first-order valence-corrected chi connectivity index (χ1v) is 7.40. The van der Waals surface area contributed by atoms with Gasteiger partial charge in [-0.15, -0.1) is 0 Å². The minimum absolute atomic E-state index is 0.491. The summed E-state index contributed by atoms with van der Waals surface area (Å²) in [5, 5.41) is 0.516. The molecule has 0 radical (unpaired) electrons. The highest BCUT2D eigenvalue weighted by Gasteiger charge is 2.18. The molecule has 0 aromatic carbocycles. The van der Waals surface area contributed by atoms with Crippen molar-refractivity contribution in [3.05, 3.63) is 47.1 Å². The zero-order valence-corrected chi connectivity index (χ0v) is 11.9. The van der Waals surface area contributed by atoms with Crippen LogP contribution in [0.1, 0.15) is 43.7 Å². The summed E-state index contributed by atoms with van der Waals surface area (Å²) in [5.74, 6) is 0.00270. The van der Waals surface area contributed by atoms with Crippen LogP contribution in [0.4, 0.5) is 4.39 Å². The normalized spacial score (nSPS) is 16.3. The Balaban J connectivity index is 1.98. The second-order valence-electron chi connectivity index (χ2n) is 5.27. The molecule has 20 heavy (non-hydrogen) atoms. The van der Waals surface area contributed by atoms with Crippen LogP contribution in [0.15, 0.2) is 30.5 Å². The zero-order chi connectivity index (χ0) is 13.9. The first-order chi connectivity index (χ1) is 9.74. The van der Waals surface area contributed by atoms with Gasteiger partial charge in [0, 0.05) is 23.4 Å². The van der Waals surface area contributed by atoms with Gasteiger partial charge in [-0.05, 0) is 31.0 Å². The predicted octanol–water partition coefficient (Wildman–Crippen LogP) is 4.98. The standard InChI is InChI=1S/C16H16ClFN2/c17-13-10-19-15(11-5-2-1-3-6-11)9-12(13)14-7-4-8-16(18)20-14/h4,7-11H,1-3,5-6H2. The van der Waals surface area contributed by atoms with Crippen LogP contribution in [-0.2, 0) is 0 Å². The average Bonchev–Trinajstić information content (AvgIpc) is 2.48. The van der Waals surface area contributed by atoms with Crippen molar-refractivity contribution in [3.63, 3.8) is 0 Å². The van der Waals surface area contributed by atoms with E-state index in [9.17, 15) is 4.39 Å². The van der Waals surface area contributed by atoms with Gasteiger partial charge < -0.3 is 0 Å². The summed E-state index contributed by atoms with van der Waals surface area (Å²) < 4.78 is 13.3. The lowest BCUT2D eigenvalue weighted by molar-refractivity contribution is 0.437. The number of nitrogens with zero attached hydrogens (tertiary/aromatic N) is 2. The van der Waals surface area contributed by atoms with Crippen molar-refractivity contribution in [2.24, 2.45) is 0 Å². The summed E-state index contributed by atoms with van der Waals surface area (Å²) >= 11 is 6.20. The zero-order valence-electron chi connectivity index (χ0n) is 11.1. The van der Waals surface area contributed by atoms with Gasteiger partial charge in [-0.25, -0.2) is 4.98 Å². The van der Waals surface area contributed by atoms with Crippen LogP contribution in [0.25, 0.3) is 11.3 Å². The van der Waals surface area contributed by atoms with Crippen LogP contribution >= 0.6 is 11.6 Å². The molecule has 1 aliphatic carbocycles. The summed E-state index contributed by atoms with van der Waals surface area (Å²) in [6, 6.07) is 6.73. The lowest BCUT2D eigenvalue weighted by atomic mass is 9.86. The van der Waals surface area contributed by atoms with Gasteiger partial charge in [0.05, 0.1) is 10.7 Å². The summed E-state index contributed by atoms with van der Waals surface area (Å²) in [7, 11) is 0. The fourth-order valence-electron chi connectivity index (χ4n) is 2.83. The van der Waals surface area contributed by atoms with E-state index in [-0.39, 0.29) is 0 Å². The van der Waals surface area contributed by atoms with Crippen LogP contribution in [0.2, 0.25) is 5.02 Å². The molecule has 0 bridgehead atoms. The summed E-state index contributed by atoms with van der Waals surface area (Å²) in [5.41, 5.74) is 2.38. The molecule has 0 aliphatic heterocycles. The largest absolute Gasteiger partial charge is 0.259 e. The van der Waals surface area contributed by atoms with Crippen LogP contribution in [-0.4, -0.2) is 9.97 Å². The van der Waals surface area contributed by atoms with Crippen LogP contribution in [0.5, 0.6) is 0 Å². The molecule has 1 saturated carbocycles. The maximum absolute atomic E-state index is 13.3. The number of halogens is 2. The smallest absolute Gasteiger partial charge is 0.213 e. The first-order valence-electron chi connectivity index (χ1n) is 7.02. The van der Waals surface area contributed by atoms with Crippen molar-refractivity contribution < 1.29 is 4.39 Å². The molecule has 2 aromatic rings. The van der Waals surface area contributed by atoms with Gasteiger partial charge >= 0.3 is 0 Å². The van der Waals surface area contributed by atoms with Crippen molar-refractivity contribution in [1.82, 2.24) is 9.97 Å². The first kappa shape index (κ1) is 13.5. The molecule has 1 aliphatic rings. The van der Waals surface area contributed by atoms with Crippen molar-refractivity contribution in [3.8, 4) is 11.3 Å². The highest BCUT2D eigenvalue weighted by atomic mass is 35.5. The number of hydrogen-bond donors (Lipinski definition) is 0. The van der Waals surface area contributed by atoms with Crippen LogP contribution < -0.4 is 0 Å².